The molecule has 0 bridgehead atoms. The minimum Gasteiger partial charge on any atom is -0.726 e. The Morgan fingerprint density at radius 2 is 1.67 bits per heavy atom. The highest BCUT2D eigenvalue weighted by Crippen LogP contribution is 2.10. The predicted octanol–water partition coefficient (Wildman–Crippen LogP) is 4.21. The van der Waals surface area contributed by atoms with Gasteiger partial charge in [0.15, 0.2) is 12.4 Å². The molecule has 0 aromatic carbocycles. The quantitative estimate of drug-likeness (QED) is 0.213. The third-order valence-electron chi connectivity index (χ3n) is 3.40. The summed E-state index contributed by atoms with van der Waals surface area (Å²) in [4.78, 5) is 5.31. The summed E-state index contributed by atoms with van der Waals surface area (Å²) in [7, 11) is -4.48. The lowest BCUT2D eigenvalue weighted by Gasteiger charge is -2.06. The Morgan fingerprint density at radius 3 is 2.04 bits per heavy atom. The minimum atomic E-state index is -4.48. The van der Waals surface area contributed by atoms with Crippen molar-refractivity contribution in [1.29, 1.82) is 0 Å². The molecule has 0 fully saturated rings. The van der Waals surface area contributed by atoms with E-state index in [9.17, 15) is 13.0 Å². The van der Waals surface area contributed by atoms with Crippen LogP contribution in [0.3, 0.4) is 0 Å². The molecule has 0 saturated carbocycles. The molecule has 24 heavy (non-hydrogen) atoms. The lowest BCUT2D eigenvalue weighted by atomic mass is 10.1. The van der Waals surface area contributed by atoms with E-state index in [1.165, 1.54) is 44.9 Å². The Morgan fingerprint density at radius 1 is 1.12 bits per heavy atom. The van der Waals surface area contributed by atoms with E-state index in [0.717, 1.165) is 12.8 Å². The average molecular weight is 359 g/mol. The number of unbranched alkanes of at least 4 members (excludes halogenated alkanes) is 9. The van der Waals surface area contributed by atoms with Crippen molar-refractivity contribution in [3.05, 3.63) is 25.2 Å². The Labute approximate surface area is 147 Å². The molecule has 138 valence electrons. The average Bonchev–Trinajstić information content (AvgIpc) is 3.06. The lowest BCUT2D eigenvalue weighted by molar-refractivity contribution is 0.255. The first-order chi connectivity index (χ1) is 11.5. The molecule has 1 heterocycles. The molecule has 0 aromatic rings. The SMILES string of the molecule is C=CN1[C+]=NC=C1.CCCCCCCCCCCCOS(=O)(=O)[O-]. The third kappa shape index (κ3) is 17.1. The van der Waals surface area contributed by atoms with Crippen LogP contribution in [-0.2, 0) is 14.6 Å². The third-order valence-corrected chi connectivity index (χ3v) is 3.85. The van der Waals surface area contributed by atoms with E-state index < -0.39 is 10.4 Å². The fourth-order valence-electron chi connectivity index (χ4n) is 2.09. The van der Waals surface area contributed by atoms with Gasteiger partial charge in [0, 0.05) is 0 Å². The van der Waals surface area contributed by atoms with Crippen LogP contribution in [0.4, 0.5) is 0 Å². The van der Waals surface area contributed by atoms with E-state index in [1.807, 2.05) is 0 Å². The normalized spacial score (nSPS) is 12.7. The molecule has 6 nitrogen and oxygen atoms in total. The zero-order valence-corrected chi connectivity index (χ0v) is 15.5. The molecular weight excluding hydrogens is 328 g/mol. The Balaban J connectivity index is 0.000000620. The summed E-state index contributed by atoms with van der Waals surface area (Å²) in [6, 6.07) is 0. The number of hydrogen-bond donors (Lipinski definition) is 0. The van der Waals surface area contributed by atoms with Gasteiger partial charge in [-0.1, -0.05) is 69.7 Å². The zero-order valence-electron chi connectivity index (χ0n) is 14.7. The van der Waals surface area contributed by atoms with Gasteiger partial charge in [0.2, 0.25) is 16.7 Å². The smallest absolute Gasteiger partial charge is 0.223 e. The summed E-state index contributed by atoms with van der Waals surface area (Å²) in [5, 5.41) is 0. The number of aliphatic imine (C=N–C) groups is 1. The standard InChI is InChI=1S/C12H26O4S.C5H5N2/c1-2-3-4-5-6-7-8-9-10-11-12-16-17(13,14)15;1-2-7-4-3-6-5-7/h2-12H2,1H3,(H,13,14,15);2-4H,1H2/q;+1/p-1. The molecule has 0 saturated heterocycles. The highest BCUT2D eigenvalue weighted by molar-refractivity contribution is 7.80. The Bertz CT molecular complexity index is 449. The van der Waals surface area contributed by atoms with Crippen LogP contribution in [0.1, 0.15) is 71.1 Å². The van der Waals surface area contributed by atoms with E-state index in [2.05, 4.69) is 29.0 Å². The topological polar surface area (TPSA) is 82.0 Å². The van der Waals surface area contributed by atoms with Gasteiger partial charge in [-0.25, -0.2) is 8.42 Å². The first-order valence-electron chi connectivity index (χ1n) is 8.63. The predicted molar refractivity (Wildman–Crippen MR) is 96.1 cm³/mol. The molecule has 0 N–H and O–H groups in total. The van der Waals surface area contributed by atoms with Crippen molar-refractivity contribution in [2.45, 2.75) is 71.1 Å². The van der Waals surface area contributed by atoms with Crippen LogP contribution < -0.4 is 0 Å². The van der Waals surface area contributed by atoms with E-state index in [-0.39, 0.29) is 6.61 Å². The summed E-state index contributed by atoms with van der Waals surface area (Å²) < 4.78 is 34.5. The van der Waals surface area contributed by atoms with Gasteiger partial charge < -0.3 is 4.55 Å². The zero-order chi connectivity index (χ0) is 18.1. The Hall–Kier alpha value is -1.27. The van der Waals surface area contributed by atoms with Crippen LogP contribution in [0.15, 0.2) is 30.2 Å². The van der Waals surface area contributed by atoms with Gasteiger partial charge in [-0.05, 0) is 13.0 Å². The van der Waals surface area contributed by atoms with Crippen molar-refractivity contribution >= 4 is 16.7 Å². The van der Waals surface area contributed by atoms with Crippen LogP contribution in [0.2, 0.25) is 0 Å². The highest BCUT2D eigenvalue weighted by Gasteiger charge is 2.01. The van der Waals surface area contributed by atoms with Crippen LogP contribution in [0.5, 0.6) is 0 Å². The maximum Gasteiger partial charge on any atom is 0.223 e. The molecule has 0 unspecified atom stereocenters. The van der Waals surface area contributed by atoms with Crippen molar-refractivity contribution < 1.29 is 17.2 Å². The van der Waals surface area contributed by atoms with E-state index in [0.29, 0.717) is 6.42 Å². The number of hydrogen-bond acceptors (Lipinski definition) is 6. The first-order valence-corrected chi connectivity index (χ1v) is 9.96. The molecule has 1 aliphatic rings. The van der Waals surface area contributed by atoms with Crippen LogP contribution in [0, 0.1) is 0 Å². The van der Waals surface area contributed by atoms with Crippen molar-refractivity contribution in [1.82, 2.24) is 4.90 Å². The minimum absolute atomic E-state index is 0.0301. The lowest BCUT2D eigenvalue weighted by Crippen LogP contribution is -2.05. The highest BCUT2D eigenvalue weighted by atomic mass is 32.3. The second-order valence-corrected chi connectivity index (χ2v) is 6.58. The van der Waals surface area contributed by atoms with E-state index in [4.69, 9.17) is 0 Å². The van der Waals surface area contributed by atoms with Crippen LogP contribution in [0.25, 0.3) is 0 Å². The van der Waals surface area contributed by atoms with Crippen molar-refractivity contribution in [2.24, 2.45) is 4.99 Å². The van der Waals surface area contributed by atoms with Gasteiger partial charge in [-0.2, -0.15) is 0 Å². The maximum absolute atomic E-state index is 10.1. The fourth-order valence-corrected chi connectivity index (χ4v) is 2.41. The fraction of sp³-hybridized carbons (Fsp3) is 0.706. The maximum atomic E-state index is 10.1. The number of rotatable bonds is 13. The second-order valence-electron chi connectivity index (χ2n) is 5.53. The molecule has 0 amide bonds. The Kier molecular flexibility index (Phi) is 14.5. The summed E-state index contributed by atoms with van der Waals surface area (Å²) in [6.07, 6.45) is 19.4. The van der Waals surface area contributed by atoms with Gasteiger partial charge in [0.05, 0.1) is 12.8 Å². The molecule has 0 aliphatic carbocycles. The van der Waals surface area contributed by atoms with Gasteiger partial charge in [-0.3, -0.25) is 4.18 Å². The molecule has 0 spiro atoms. The van der Waals surface area contributed by atoms with Crippen LogP contribution in [-0.4, -0.2) is 30.8 Å². The van der Waals surface area contributed by atoms with Gasteiger partial charge in [0.1, 0.15) is 0 Å². The molecule has 0 atom stereocenters. The first kappa shape index (κ1) is 22.7. The second kappa shape index (κ2) is 15.3. The van der Waals surface area contributed by atoms with Crippen molar-refractivity contribution in [2.75, 3.05) is 6.61 Å². The van der Waals surface area contributed by atoms with E-state index >= 15 is 0 Å². The van der Waals surface area contributed by atoms with Crippen LogP contribution >= 0.6 is 0 Å². The molecule has 1 rings (SSSR count). The molecule has 1 aliphatic heterocycles. The summed E-state index contributed by atoms with van der Waals surface area (Å²) in [6.45, 7) is 5.74. The molecule has 0 radical (unpaired) electrons. The molecule has 0 aromatic heterocycles. The van der Waals surface area contributed by atoms with Gasteiger partial charge in [0.25, 0.3) is 0 Å². The van der Waals surface area contributed by atoms with Crippen molar-refractivity contribution in [3.63, 3.8) is 0 Å². The molecular formula is C17H30N2O4S. The van der Waals surface area contributed by atoms with E-state index in [1.54, 1.807) is 23.5 Å². The van der Waals surface area contributed by atoms with Crippen molar-refractivity contribution in [3.8, 4) is 0 Å². The summed E-state index contributed by atoms with van der Waals surface area (Å²) in [5.74, 6) is 0. The number of nitrogens with zero attached hydrogens (tertiary/aromatic N) is 2. The summed E-state index contributed by atoms with van der Waals surface area (Å²) in [5.41, 5.74) is 0. The monoisotopic (exact) mass is 358 g/mol. The summed E-state index contributed by atoms with van der Waals surface area (Å²) >= 11 is 0. The molecule has 7 heteroatoms. The van der Waals surface area contributed by atoms with Gasteiger partial charge in [-0.15, -0.1) is 4.90 Å². The van der Waals surface area contributed by atoms with Gasteiger partial charge >= 0.3 is 0 Å². The largest absolute Gasteiger partial charge is 0.726 e.